The predicted molar refractivity (Wildman–Crippen MR) is 165 cm³/mol. The van der Waals surface area contributed by atoms with Gasteiger partial charge in [0.1, 0.15) is 19.0 Å². The smallest absolute Gasteiger partial charge is 0.417 e. The van der Waals surface area contributed by atoms with E-state index in [2.05, 4.69) is 6.58 Å². The normalized spacial score (nSPS) is 18.8. The highest BCUT2D eigenvalue weighted by Crippen LogP contribution is 2.26. The van der Waals surface area contributed by atoms with E-state index < -0.39 is 47.8 Å². The molecular formula is C36H35FN2O6. The number of cyclic esters (lactones) is 2. The first-order valence-electron chi connectivity index (χ1n) is 15.0. The molecule has 2 aliphatic heterocycles. The molecule has 2 saturated heterocycles. The summed E-state index contributed by atoms with van der Waals surface area (Å²) < 4.78 is 24.2. The lowest BCUT2D eigenvalue weighted by Gasteiger charge is -2.25. The van der Waals surface area contributed by atoms with Crippen LogP contribution in [0, 0.1) is 11.7 Å². The minimum Gasteiger partial charge on any atom is -0.447 e. The summed E-state index contributed by atoms with van der Waals surface area (Å²) in [5.74, 6) is -2.10. The maximum atomic E-state index is 14.0. The third-order valence-electron chi connectivity index (χ3n) is 8.04. The largest absolute Gasteiger partial charge is 0.447 e. The quantitative estimate of drug-likeness (QED) is 0.183. The van der Waals surface area contributed by atoms with Crippen molar-refractivity contribution in [3.05, 3.63) is 132 Å². The second-order valence-corrected chi connectivity index (χ2v) is 11.2. The minimum atomic E-state index is -0.742. The van der Waals surface area contributed by atoms with Crippen molar-refractivity contribution in [3.8, 4) is 0 Å². The molecule has 3 atom stereocenters. The fraction of sp³-hybridized carbons (Fsp3) is 0.278. The lowest BCUT2D eigenvalue weighted by atomic mass is 9.94. The molecule has 3 aromatic rings. The van der Waals surface area contributed by atoms with Gasteiger partial charge < -0.3 is 9.47 Å². The zero-order valence-electron chi connectivity index (χ0n) is 24.8. The lowest BCUT2D eigenvalue weighted by Crippen LogP contribution is -2.43. The summed E-state index contributed by atoms with van der Waals surface area (Å²) in [6.07, 6.45) is 3.09. The van der Waals surface area contributed by atoms with Gasteiger partial charge in [0.25, 0.3) is 5.91 Å². The van der Waals surface area contributed by atoms with E-state index in [1.54, 1.807) is 24.3 Å². The number of carbonyl (C=O) groups is 4. The van der Waals surface area contributed by atoms with Crippen LogP contribution < -0.4 is 0 Å². The average molecular weight is 611 g/mol. The molecule has 0 radical (unpaired) electrons. The second-order valence-electron chi connectivity index (χ2n) is 11.2. The number of rotatable bonds is 12. The molecule has 0 aliphatic carbocycles. The molecule has 0 unspecified atom stereocenters. The number of benzene rings is 3. The number of nitrogens with zero attached hydrogens (tertiary/aromatic N) is 2. The number of allylic oxidation sites excluding steroid dienone is 2. The Bertz CT molecular complexity index is 1560. The highest BCUT2D eigenvalue weighted by Gasteiger charge is 2.41. The standard InChI is InChI=1S/C36H35FN2O6/c1-2-9-28(33(40)38-31(23-44-35(38)42)21-25-10-5-3-6-11-25)16-17-29(20-27-14-18-30(37)19-15-27)34(41)39-32(24-45-36(39)43)22-26-12-7-4-8-13-26/h2-8,10-15,17-19,28,31-32H,1,9,16,20-24H2/t28-,31-,32-/m0/s1. The maximum Gasteiger partial charge on any atom is 0.417 e. The molecule has 0 spiro atoms. The zero-order chi connectivity index (χ0) is 31.8. The van der Waals surface area contributed by atoms with Crippen LogP contribution in [0.5, 0.6) is 0 Å². The third kappa shape index (κ3) is 7.73. The summed E-state index contributed by atoms with van der Waals surface area (Å²) >= 11 is 0. The number of halogens is 1. The number of carbonyl (C=O) groups excluding carboxylic acids is 4. The van der Waals surface area contributed by atoms with Crippen LogP contribution in [0.4, 0.5) is 14.0 Å². The van der Waals surface area contributed by atoms with Gasteiger partial charge in [-0.05, 0) is 54.5 Å². The number of imide groups is 2. The first-order valence-corrected chi connectivity index (χ1v) is 15.0. The molecule has 3 aromatic carbocycles. The van der Waals surface area contributed by atoms with Gasteiger partial charge in [0.05, 0.1) is 12.1 Å². The van der Waals surface area contributed by atoms with Crippen LogP contribution in [0.15, 0.2) is 109 Å². The highest BCUT2D eigenvalue weighted by molar-refractivity contribution is 6.04. The second kappa shape index (κ2) is 14.6. The molecule has 0 aromatic heterocycles. The van der Waals surface area contributed by atoms with Crippen LogP contribution in [0.1, 0.15) is 29.5 Å². The van der Waals surface area contributed by atoms with E-state index in [0.29, 0.717) is 18.4 Å². The van der Waals surface area contributed by atoms with Gasteiger partial charge in [-0.2, -0.15) is 0 Å². The van der Waals surface area contributed by atoms with Crippen LogP contribution in [-0.2, 0) is 38.3 Å². The number of ether oxygens (including phenoxy) is 2. The lowest BCUT2D eigenvalue weighted by molar-refractivity contribution is -0.133. The average Bonchev–Trinajstić information content (AvgIpc) is 3.60. The molecule has 9 heteroatoms. The highest BCUT2D eigenvalue weighted by atomic mass is 19.1. The van der Waals surface area contributed by atoms with Crippen LogP contribution in [0.25, 0.3) is 0 Å². The van der Waals surface area contributed by atoms with Gasteiger partial charge in [0, 0.05) is 17.9 Å². The molecule has 8 nitrogen and oxygen atoms in total. The summed E-state index contributed by atoms with van der Waals surface area (Å²) in [6, 6.07) is 23.8. The van der Waals surface area contributed by atoms with Crippen molar-refractivity contribution in [2.75, 3.05) is 13.2 Å². The molecule has 2 fully saturated rings. The monoisotopic (exact) mass is 610 g/mol. The molecule has 2 aliphatic rings. The molecule has 5 rings (SSSR count). The Morgan fingerprint density at radius 1 is 0.778 bits per heavy atom. The van der Waals surface area contributed by atoms with Crippen LogP contribution in [0.2, 0.25) is 0 Å². The van der Waals surface area contributed by atoms with Gasteiger partial charge in [-0.15, -0.1) is 6.58 Å². The summed E-state index contributed by atoms with van der Waals surface area (Å²) in [5, 5.41) is 0. The van der Waals surface area contributed by atoms with Crippen molar-refractivity contribution in [1.82, 2.24) is 9.80 Å². The van der Waals surface area contributed by atoms with E-state index in [9.17, 15) is 23.6 Å². The number of hydrogen-bond acceptors (Lipinski definition) is 6. The van der Waals surface area contributed by atoms with Gasteiger partial charge in [0.2, 0.25) is 5.91 Å². The van der Waals surface area contributed by atoms with Gasteiger partial charge in [0.15, 0.2) is 0 Å². The number of amides is 4. The SMILES string of the molecule is C=CC[C@@H](CC=C(Cc1ccc(F)cc1)C(=O)N1C(=O)OC[C@@H]1Cc1ccccc1)C(=O)N1C(=O)OC[C@@H]1Cc1ccccc1. The Labute approximate surface area is 261 Å². The van der Waals surface area contributed by atoms with E-state index in [4.69, 9.17) is 9.47 Å². The Morgan fingerprint density at radius 3 is 1.87 bits per heavy atom. The molecule has 0 N–H and O–H groups in total. The van der Waals surface area contributed by atoms with Crippen molar-refractivity contribution < 1.29 is 33.0 Å². The van der Waals surface area contributed by atoms with E-state index in [0.717, 1.165) is 16.0 Å². The molecule has 232 valence electrons. The van der Waals surface area contributed by atoms with E-state index >= 15 is 0 Å². The van der Waals surface area contributed by atoms with E-state index in [1.807, 2.05) is 60.7 Å². The third-order valence-corrected chi connectivity index (χ3v) is 8.04. The molecule has 0 bridgehead atoms. The molecule has 2 heterocycles. The van der Waals surface area contributed by atoms with Crippen LogP contribution >= 0.6 is 0 Å². The Balaban J connectivity index is 1.40. The van der Waals surface area contributed by atoms with Crippen molar-refractivity contribution in [3.63, 3.8) is 0 Å². The van der Waals surface area contributed by atoms with Gasteiger partial charge in [-0.1, -0.05) is 84.9 Å². The molecule has 45 heavy (non-hydrogen) atoms. The van der Waals surface area contributed by atoms with Crippen molar-refractivity contribution >= 4 is 24.0 Å². The van der Waals surface area contributed by atoms with Crippen molar-refractivity contribution in [2.45, 2.75) is 44.2 Å². The summed E-state index contributed by atoms with van der Waals surface area (Å²) in [4.78, 5) is 55.7. The Morgan fingerprint density at radius 2 is 1.31 bits per heavy atom. The van der Waals surface area contributed by atoms with Crippen molar-refractivity contribution in [1.29, 1.82) is 0 Å². The van der Waals surface area contributed by atoms with Crippen LogP contribution in [0.3, 0.4) is 0 Å². The fourth-order valence-electron chi connectivity index (χ4n) is 5.70. The summed E-state index contributed by atoms with van der Waals surface area (Å²) in [6.45, 7) is 3.94. The van der Waals surface area contributed by atoms with E-state index in [1.165, 1.54) is 17.0 Å². The number of hydrogen-bond donors (Lipinski definition) is 0. The maximum absolute atomic E-state index is 14.0. The molecule has 4 amide bonds. The predicted octanol–water partition coefficient (Wildman–Crippen LogP) is 6.06. The molecule has 0 saturated carbocycles. The first-order chi connectivity index (χ1) is 21.8. The zero-order valence-corrected chi connectivity index (χ0v) is 24.8. The van der Waals surface area contributed by atoms with Gasteiger partial charge >= 0.3 is 12.2 Å². The van der Waals surface area contributed by atoms with Gasteiger partial charge in [-0.25, -0.2) is 23.8 Å². The molecular weight excluding hydrogens is 575 g/mol. The van der Waals surface area contributed by atoms with Crippen molar-refractivity contribution in [2.24, 2.45) is 5.92 Å². The minimum absolute atomic E-state index is 0.0563. The van der Waals surface area contributed by atoms with Gasteiger partial charge in [-0.3, -0.25) is 9.59 Å². The van der Waals surface area contributed by atoms with E-state index in [-0.39, 0.29) is 38.0 Å². The first kappa shape index (κ1) is 31.4. The Hall–Kier alpha value is -5.05. The van der Waals surface area contributed by atoms with Crippen LogP contribution in [-0.4, -0.2) is 59.1 Å². The summed E-state index contributed by atoms with van der Waals surface area (Å²) in [5.41, 5.74) is 2.82. The fourth-order valence-corrected chi connectivity index (χ4v) is 5.70. The summed E-state index contributed by atoms with van der Waals surface area (Å²) in [7, 11) is 0. The Kier molecular flexibility index (Phi) is 10.2. The topological polar surface area (TPSA) is 93.2 Å².